The Bertz CT molecular complexity index is 746. The first-order valence-electron chi connectivity index (χ1n) is 10.6. The summed E-state index contributed by atoms with van der Waals surface area (Å²) in [6, 6.07) is 17.7. The number of carbonyl (C=O) groups is 1. The molecule has 5 nitrogen and oxygen atoms in total. The van der Waals surface area contributed by atoms with E-state index in [-0.39, 0.29) is 18.1 Å². The molecular weight excluding hydrogens is 364 g/mol. The number of ether oxygens (including phenoxy) is 2. The Morgan fingerprint density at radius 2 is 1.90 bits per heavy atom. The Labute approximate surface area is 174 Å². The van der Waals surface area contributed by atoms with Gasteiger partial charge in [-0.25, -0.2) is 0 Å². The molecule has 5 heteroatoms. The minimum atomic E-state index is -0.0309. The van der Waals surface area contributed by atoms with E-state index in [1.54, 1.807) is 0 Å². The molecule has 156 valence electrons. The lowest BCUT2D eigenvalue weighted by molar-refractivity contribution is -0.0303. The van der Waals surface area contributed by atoms with Crippen LogP contribution in [0.3, 0.4) is 0 Å². The van der Waals surface area contributed by atoms with E-state index in [1.807, 2.05) is 44.2 Å². The first kappa shape index (κ1) is 21.3. The average Bonchev–Trinajstić information content (AvgIpc) is 2.74. The SMILES string of the molecule is CC(C)Oc1ccc(C(=O)NCCCCN2CCOC(c3ccccc3)C2)cc1. The highest BCUT2D eigenvalue weighted by molar-refractivity contribution is 5.94. The summed E-state index contributed by atoms with van der Waals surface area (Å²) < 4.78 is 11.5. The summed E-state index contributed by atoms with van der Waals surface area (Å²) in [6.45, 7) is 8.37. The van der Waals surface area contributed by atoms with Crippen molar-refractivity contribution >= 4 is 5.91 Å². The van der Waals surface area contributed by atoms with E-state index in [2.05, 4.69) is 34.5 Å². The molecule has 1 unspecified atom stereocenters. The quantitative estimate of drug-likeness (QED) is 0.650. The van der Waals surface area contributed by atoms with Gasteiger partial charge in [0.1, 0.15) is 5.75 Å². The Kier molecular flexibility index (Phi) is 8.08. The minimum absolute atomic E-state index is 0.0309. The van der Waals surface area contributed by atoms with Crippen molar-refractivity contribution in [2.24, 2.45) is 0 Å². The fraction of sp³-hybridized carbons (Fsp3) is 0.458. The summed E-state index contributed by atoms with van der Waals surface area (Å²) in [7, 11) is 0. The number of morpholine rings is 1. The molecule has 0 bridgehead atoms. The lowest BCUT2D eigenvalue weighted by Gasteiger charge is -2.33. The molecule has 2 aromatic rings. The number of nitrogens with one attached hydrogen (secondary N) is 1. The second-order valence-corrected chi connectivity index (χ2v) is 7.72. The van der Waals surface area contributed by atoms with Crippen molar-refractivity contribution in [3.63, 3.8) is 0 Å². The zero-order chi connectivity index (χ0) is 20.5. The molecule has 0 aliphatic carbocycles. The van der Waals surface area contributed by atoms with Crippen LogP contribution in [0.25, 0.3) is 0 Å². The molecule has 0 saturated carbocycles. The summed E-state index contributed by atoms with van der Waals surface area (Å²) in [5.74, 6) is 0.757. The average molecular weight is 397 g/mol. The number of hydrogen-bond acceptors (Lipinski definition) is 4. The van der Waals surface area contributed by atoms with Gasteiger partial charge < -0.3 is 14.8 Å². The number of nitrogens with zero attached hydrogens (tertiary/aromatic N) is 1. The summed E-state index contributed by atoms with van der Waals surface area (Å²) in [5.41, 5.74) is 1.91. The maximum Gasteiger partial charge on any atom is 0.251 e. The fourth-order valence-electron chi connectivity index (χ4n) is 3.50. The molecule has 1 aliphatic rings. The third kappa shape index (κ3) is 6.87. The van der Waals surface area contributed by atoms with Crippen LogP contribution in [0.2, 0.25) is 0 Å². The van der Waals surface area contributed by atoms with Gasteiger partial charge in [0.05, 0.1) is 18.8 Å². The molecule has 0 spiro atoms. The van der Waals surface area contributed by atoms with E-state index in [4.69, 9.17) is 9.47 Å². The maximum atomic E-state index is 12.3. The summed E-state index contributed by atoms with van der Waals surface area (Å²) in [4.78, 5) is 14.7. The Morgan fingerprint density at radius 3 is 2.62 bits per heavy atom. The van der Waals surface area contributed by atoms with E-state index in [9.17, 15) is 4.79 Å². The smallest absolute Gasteiger partial charge is 0.251 e. The maximum absolute atomic E-state index is 12.3. The van der Waals surface area contributed by atoms with Gasteiger partial charge in [0.25, 0.3) is 5.91 Å². The lowest BCUT2D eigenvalue weighted by Crippen LogP contribution is -2.39. The van der Waals surface area contributed by atoms with Gasteiger partial charge in [0, 0.05) is 25.2 Å². The van der Waals surface area contributed by atoms with Crippen LogP contribution < -0.4 is 10.1 Å². The van der Waals surface area contributed by atoms with Crippen molar-refractivity contribution in [3.8, 4) is 5.75 Å². The van der Waals surface area contributed by atoms with Crippen LogP contribution in [-0.2, 0) is 4.74 Å². The second-order valence-electron chi connectivity index (χ2n) is 7.72. The molecule has 1 atom stereocenters. The number of carbonyl (C=O) groups excluding carboxylic acids is 1. The molecule has 1 fully saturated rings. The van der Waals surface area contributed by atoms with Crippen LogP contribution >= 0.6 is 0 Å². The van der Waals surface area contributed by atoms with E-state index in [1.165, 1.54) is 5.56 Å². The highest BCUT2D eigenvalue weighted by Gasteiger charge is 2.21. The van der Waals surface area contributed by atoms with Crippen molar-refractivity contribution in [1.29, 1.82) is 0 Å². The fourth-order valence-corrected chi connectivity index (χ4v) is 3.50. The van der Waals surface area contributed by atoms with E-state index in [0.717, 1.165) is 44.8 Å². The number of hydrogen-bond donors (Lipinski definition) is 1. The third-order valence-corrected chi connectivity index (χ3v) is 5.00. The van der Waals surface area contributed by atoms with Gasteiger partial charge >= 0.3 is 0 Å². The molecule has 2 aromatic carbocycles. The molecule has 3 rings (SSSR count). The van der Waals surface area contributed by atoms with Crippen LogP contribution in [-0.4, -0.2) is 49.7 Å². The number of benzene rings is 2. The first-order valence-corrected chi connectivity index (χ1v) is 10.6. The standard InChI is InChI=1S/C24H32N2O3/c1-19(2)29-22-12-10-21(11-13-22)24(27)25-14-6-7-15-26-16-17-28-23(18-26)20-8-4-3-5-9-20/h3-5,8-13,19,23H,6-7,14-18H2,1-2H3,(H,25,27). The predicted molar refractivity (Wildman–Crippen MR) is 115 cm³/mol. The third-order valence-electron chi connectivity index (χ3n) is 5.00. The summed E-state index contributed by atoms with van der Waals surface area (Å²) in [6.07, 6.45) is 2.31. The van der Waals surface area contributed by atoms with Crippen LogP contribution in [0.5, 0.6) is 5.75 Å². The van der Waals surface area contributed by atoms with Crippen LogP contribution in [0.15, 0.2) is 54.6 Å². The van der Waals surface area contributed by atoms with Gasteiger partial charge in [0.15, 0.2) is 0 Å². The second kappa shape index (κ2) is 11.0. The monoisotopic (exact) mass is 396 g/mol. The first-order chi connectivity index (χ1) is 14.1. The molecule has 1 aliphatic heterocycles. The Hall–Kier alpha value is -2.37. The molecular formula is C24H32N2O3. The molecule has 0 aromatic heterocycles. The Morgan fingerprint density at radius 1 is 1.14 bits per heavy atom. The van der Waals surface area contributed by atoms with E-state index < -0.39 is 0 Å². The van der Waals surface area contributed by atoms with Gasteiger partial charge in [-0.3, -0.25) is 9.69 Å². The zero-order valence-electron chi connectivity index (χ0n) is 17.5. The van der Waals surface area contributed by atoms with Crippen molar-refractivity contribution in [3.05, 3.63) is 65.7 Å². The zero-order valence-corrected chi connectivity index (χ0v) is 17.5. The highest BCUT2D eigenvalue weighted by Crippen LogP contribution is 2.22. The van der Waals surface area contributed by atoms with E-state index in [0.29, 0.717) is 12.1 Å². The van der Waals surface area contributed by atoms with Crippen LogP contribution in [0.4, 0.5) is 0 Å². The van der Waals surface area contributed by atoms with E-state index >= 15 is 0 Å². The van der Waals surface area contributed by atoms with Crippen molar-refractivity contribution in [2.45, 2.75) is 38.9 Å². The van der Waals surface area contributed by atoms with Crippen molar-refractivity contribution in [1.82, 2.24) is 10.2 Å². The number of amides is 1. The summed E-state index contributed by atoms with van der Waals surface area (Å²) >= 11 is 0. The van der Waals surface area contributed by atoms with Gasteiger partial charge in [-0.1, -0.05) is 30.3 Å². The number of rotatable bonds is 9. The van der Waals surface area contributed by atoms with Crippen LogP contribution in [0, 0.1) is 0 Å². The molecule has 1 heterocycles. The largest absolute Gasteiger partial charge is 0.491 e. The molecule has 29 heavy (non-hydrogen) atoms. The summed E-state index contributed by atoms with van der Waals surface area (Å²) in [5, 5.41) is 3.01. The number of unbranched alkanes of at least 4 members (excludes halogenated alkanes) is 1. The van der Waals surface area contributed by atoms with Gasteiger partial charge in [0.2, 0.25) is 0 Å². The lowest BCUT2D eigenvalue weighted by atomic mass is 10.1. The normalized spacial score (nSPS) is 17.3. The van der Waals surface area contributed by atoms with Gasteiger partial charge in [-0.15, -0.1) is 0 Å². The topological polar surface area (TPSA) is 50.8 Å². The van der Waals surface area contributed by atoms with Gasteiger partial charge in [-0.05, 0) is 63.1 Å². The molecule has 1 saturated heterocycles. The minimum Gasteiger partial charge on any atom is -0.491 e. The van der Waals surface area contributed by atoms with Crippen molar-refractivity contribution < 1.29 is 14.3 Å². The molecule has 0 radical (unpaired) electrons. The van der Waals surface area contributed by atoms with Crippen LogP contribution in [0.1, 0.15) is 48.7 Å². The van der Waals surface area contributed by atoms with Crippen molar-refractivity contribution in [2.75, 3.05) is 32.8 Å². The molecule has 1 N–H and O–H groups in total. The highest BCUT2D eigenvalue weighted by atomic mass is 16.5. The Balaban J connectivity index is 1.33. The van der Waals surface area contributed by atoms with Gasteiger partial charge in [-0.2, -0.15) is 0 Å². The predicted octanol–water partition coefficient (Wildman–Crippen LogP) is 4.06. The molecule has 1 amide bonds.